The first kappa shape index (κ1) is 12.1. The molecule has 84 valence electrons. The lowest BCUT2D eigenvalue weighted by Crippen LogP contribution is -2.01. The largest absolute Gasteiger partial charge is 0.508 e. The number of phenols is 1. The van der Waals surface area contributed by atoms with Crippen LogP contribution in [0.4, 0.5) is 0 Å². The number of benzene rings is 1. The molecule has 0 fully saturated rings. The number of aryl methyl sites for hydroxylation is 1. The highest BCUT2D eigenvalue weighted by Gasteiger charge is 2.08. The molecule has 2 heteroatoms. The number of phenolic OH excluding ortho intramolecular Hbond substituents is 1. The van der Waals surface area contributed by atoms with Gasteiger partial charge in [0.1, 0.15) is 5.75 Å². The van der Waals surface area contributed by atoms with Crippen LogP contribution in [0.1, 0.15) is 35.1 Å². The summed E-state index contributed by atoms with van der Waals surface area (Å²) in [5.41, 5.74) is 10.3. The number of rotatable bonds is 4. The Balaban J connectivity index is 2.92. The summed E-state index contributed by atoms with van der Waals surface area (Å²) in [5.74, 6) is 0.410. The molecule has 15 heavy (non-hydrogen) atoms. The third-order valence-corrected chi connectivity index (χ3v) is 3.11. The Kier molecular flexibility index (Phi) is 4.15. The second kappa shape index (κ2) is 5.17. The maximum atomic E-state index is 9.66. The molecule has 1 aromatic rings. The van der Waals surface area contributed by atoms with Gasteiger partial charge in [-0.25, -0.2) is 0 Å². The number of unbranched alkanes of at least 4 members (excludes halogenated alkanes) is 1. The van der Waals surface area contributed by atoms with E-state index in [-0.39, 0.29) is 0 Å². The van der Waals surface area contributed by atoms with Crippen molar-refractivity contribution in [3.63, 3.8) is 0 Å². The Hall–Kier alpha value is -1.02. The number of hydrogen-bond acceptors (Lipinski definition) is 2. The smallest absolute Gasteiger partial charge is 0.119 e. The Morgan fingerprint density at radius 3 is 2.40 bits per heavy atom. The first-order valence-corrected chi connectivity index (χ1v) is 5.56. The van der Waals surface area contributed by atoms with E-state index in [1.807, 2.05) is 13.0 Å². The molecule has 0 radical (unpaired) electrons. The van der Waals surface area contributed by atoms with E-state index in [4.69, 9.17) is 5.73 Å². The average Bonchev–Trinajstić information content (AvgIpc) is 2.20. The summed E-state index contributed by atoms with van der Waals surface area (Å²) in [5, 5.41) is 9.66. The molecule has 0 aromatic heterocycles. The fraction of sp³-hybridized carbons (Fsp3) is 0.538. The average molecular weight is 207 g/mol. The lowest BCUT2D eigenvalue weighted by molar-refractivity contribution is 0.469. The van der Waals surface area contributed by atoms with Crippen LogP contribution in [0.25, 0.3) is 0 Å². The molecule has 0 spiro atoms. The molecular formula is C13H21NO. The quantitative estimate of drug-likeness (QED) is 0.745. The maximum absolute atomic E-state index is 9.66. The van der Waals surface area contributed by atoms with Crippen molar-refractivity contribution in [1.82, 2.24) is 0 Å². The van der Waals surface area contributed by atoms with Crippen LogP contribution in [0.3, 0.4) is 0 Å². The van der Waals surface area contributed by atoms with Crippen molar-refractivity contribution in [2.45, 2.75) is 40.0 Å². The highest BCUT2D eigenvalue weighted by molar-refractivity contribution is 5.47. The van der Waals surface area contributed by atoms with Gasteiger partial charge in [0.25, 0.3) is 0 Å². The Labute approximate surface area is 92.1 Å². The van der Waals surface area contributed by atoms with Gasteiger partial charge in [0.05, 0.1) is 0 Å². The molecule has 0 amide bonds. The summed E-state index contributed by atoms with van der Waals surface area (Å²) >= 11 is 0. The molecule has 0 atom stereocenters. The van der Waals surface area contributed by atoms with Gasteiger partial charge >= 0.3 is 0 Å². The van der Waals surface area contributed by atoms with Crippen LogP contribution in [-0.4, -0.2) is 11.7 Å². The van der Waals surface area contributed by atoms with Gasteiger partial charge in [-0.1, -0.05) is 0 Å². The Bertz CT molecular complexity index is 345. The van der Waals surface area contributed by atoms with Crippen LogP contribution < -0.4 is 5.73 Å². The van der Waals surface area contributed by atoms with Gasteiger partial charge in [-0.2, -0.15) is 0 Å². The minimum Gasteiger partial charge on any atom is -0.508 e. The molecule has 0 unspecified atom stereocenters. The van der Waals surface area contributed by atoms with E-state index < -0.39 is 0 Å². The molecule has 0 saturated carbocycles. The molecule has 1 aromatic carbocycles. The van der Waals surface area contributed by atoms with E-state index in [0.717, 1.165) is 31.4 Å². The molecular weight excluding hydrogens is 186 g/mol. The fourth-order valence-corrected chi connectivity index (χ4v) is 1.95. The monoisotopic (exact) mass is 207 g/mol. The van der Waals surface area contributed by atoms with Crippen LogP contribution in [0.2, 0.25) is 0 Å². The molecule has 1 rings (SSSR count). The number of aromatic hydroxyl groups is 1. The molecule has 2 nitrogen and oxygen atoms in total. The topological polar surface area (TPSA) is 46.2 Å². The lowest BCUT2D eigenvalue weighted by Gasteiger charge is -2.13. The fourth-order valence-electron chi connectivity index (χ4n) is 1.95. The van der Waals surface area contributed by atoms with Crippen molar-refractivity contribution in [3.05, 3.63) is 28.3 Å². The van der Waals surface area contributed by atoms with Gasteiger partial charge in [0.15, 0.2) is 0 Å². The van der Waals surface area contributed by atoms with E-state index in [1.54, 1.807) is 0 Å². The molecule has 0 saturated heterocycles. The minimum absolute atomic E-state index is 0.410. The zero-order valence-corrected chi connectivity index (χ0v) is 9.93. The summed E-state index contributed by atoms with van der Waals surface area (Å²) in [6, 6.07) is 1.86. The third kappa shape index (κ3) is 2.72. The van der Waals surface area contributed by atoms with Crippen LogP contribution in [0.15, 0.2) is 6.07 Å². The van der Waals surface area contributed by atoms with E-state index in [2.05, 4.69) is 13.8 Å². The van der Waals surface area contributed by atoms with Crippen LogP contribution in [-0.2, 0) is 6.42 Å². The molecule has 0 aliphatic carbocycles. The molecule has 0 aliphatic rings. The van der Waals surface area contributed by atoms with Gasteiger partial charge in [-0.05, 0) is 74.9 Å². The van der Waals surface area contributed by atoms with Crippen LogP contribution in [0.5, 0.6) is 5.75 Å². The zero-order chi connectivity index (χ0) is 11.4. The SMILES string of the molecule is Cc1cc(O)c(C)c(C)c1CCCCN. The molecule has 0 heterocycles. The number of nitrogens with two attached hydrogens (primary N) is 1. The summed E-state index contributed by atoms with van der Waals surface area (Å²) in [6.45, 7) is 6.87. The van der Waals surface area contributed by atoms with Crippen LogP contribution >= 0.6 is 0 Å². The van der Waals surface area contributed by atoms with Crippen molar-refractivity contribution < 1.29 is 5.11 Å². The van der Waals surface area contributed by atoms with Crippen molar-refractivity contribution in [3.8, 4) is 5.75 Å². The van der Waals surface area contributed by atoms with E-state index in [1.165, 1.54) is 16.7 Å². The summed E-state index contributed by atoms with van der Waals surface area (Å²) in [4.78, 5) is 0. The predicted octanol–water partition coefficient (Wildman–Crippen LogP) is 2.60. The van der Waals surface area contributed by atoms with E-state index in [0.29, 0.717) is 5.75 Å². The summed E-state index contributed by atoms with van der Waals surface area (Å²) in [7, 11) is 0. The van der Waals surface area contributed by atoms with Gasteiger partial charge in [-0.15, -0.1) is 0 Å². The second-order valence-electron chi connectivity index (χ2n) is 4.19. The molecule has 0 bridgehead atoms. The van der Waals surface area contributed by atoms with Crippen molar-refractivity contribution >= 4 is 0 Å². The van der Waals surface area contributed by atoms with Gasteiger partial charge in [0, 0.05) is 0 Å². The first-order chi connectivity index (χ1) is 7.07. The van der Waals surface area contributed by atoms with Gasteiger partial charge < -0.3 is 10.8 Å². The standard InChI is InChI=1S/C13H21NO/c1-9-8-13(15)11(3)10(2)12(9)6-4-5-7-14/h8,15H,4-7,14H2,1-3H3. The third-order valence-electron chi connectivity index (χ3n) is 3.11. The van der Waals surface area contributed by atoms with Crippen molar-refractivity contribution in [2.24, 2.45) is 5.73 Å². The van der Waals surface area contributed by atoms with Crippen molar-refractivity contribution in [2.75, 3.05) is 6.54 Å². The summed E-state index contributed by atoms with van der Waals surface area (Å²) in [6.07, 6.45) is 3.26. The highest BCUT2D eigenvalue weighted by atomic mass is 16.3. The molecule has 3 N–H and O–H groups in total. The predicted molar refractivity (Wildman–Crippen MR) is 64.3 cm³/mol. The van der Waals surface area contributed by atoms with Crippen molar-refractivity contribution in [1.29, 1.82) is 0 Å². The van der Waals surface area contributed by atoms with Gasteiger partial charge in [0.2, 0.25) is 0 Å². The maximum Gasteiger partial charge on any atom is 0.119 e. The van der Waals surface area contributed by atoms with Crippen LogP contribution in [0, 0.1) is 20.8 Å². The summed E-state index contributed by atoms with van der Waals surface area (Å²) < 4.78 is 0. The lowest BCUT2D eigenvalue weighted by atomic mass is 9.94. The highest BCUT2D eigenvalue weighted by Crippen LogP contribution is 2.27. The van der Waals surface area contributed by atoms with E-state index in [9.17, 15) is 5.11 Å². The van der Waals surface area contributed by atoms with Gasteiger partial charge in [-0.3, -0.25) is 0 Å². The zero-order valence-electron chi connectivity index (χ0n) is 9.93. The second-order valence-corrected chi connectivity index (χ2v) is 4.19. The number of hydrogen-bond donors (Lipinski definition) is 2. The minimum atomic E-state index is 0.410. The normalized spacial score (nSPS) is 10.7. The first-order valence-electron chi connectivity index (χ1n) is 5.56. The van der Waals surface area contributed by atoms with E-state index >= 15 is 0 Å². The molecule has 0 aliphatic heterocycles. The Morgan fingerprint density at radius 1 is 1.13 bits per heavy atom. The Morgan fingerprint density at radius 2 is 1.80 bits per heavy atom.